The maximum absolute atomic E-state index is 12.1. The molecule has 0 radical (unpaired) electrons. The first-order valence-corrected chi connectivity index (χ1v) is 5.73. The Morgan fingerprint density at radius 1 is 1.50 bits per heavy atom. The lowest BCUT2D eigenvalue weighted by atomic mass is 9.85. The van der Waals surface area contributed by atoms with Crippen molar-refractivity contribution in [3.8, 4) is 0 Å². The molecule has 1 atom stereocenters. The summed E-state index contributed by atoms with van der Waals surface area (Å²) in [4.78, 5) is 24.4. The first-order chi connectivity index (χ1) is 7.51. The SMILES string of the molecule is CC1(C(=O)N2CC(CC(=O)O)C2)CCNC1. The first-order valence-electron chi connectivity index (χ1n) is 5.73. The molecule has 2 fully saturated rings. The summed E-state index contributed by atoms with van der Waals surface area (Å²) in [5, 5.41) is 11.8. The van der Waals surface area contributed by atoms with E-state index >= 15 is 0 Å². The van der Waals surface area contributed by atoms with Crippen molar-refractivity contribution in [1.82, 2.24) is 10.2 Å². The number of aliphatic carboxylic acids is 1. The number of carbonyl (C=O) groups excluding carboxylic acids is 1. The Bertz CT molecular complexity index is 304. The molecule has 0 aromatic carbocycles. The standard InChI is InChI=1S/C11H18N2O3/c1-11(2-3-12-7-11)10(16)13-5-8(6-13)4-9(14)15/h8,12H,2-7H2,1H3,(H,14,15). The summed E-state index contributed by atoms with van der Waals surface area (Å²) >= 11 is 0. The van der Waals surface area contributed by atoms with E-state index in [2.05, 4.69) is 5.32 Å². The molecule has 90 valence electrons. The van der Waals surface area contributed by atoms with E-state index in [9.17, 15) is 9.59 Å². The molecule has 0 aliphatic carbocycles. The lowest BCUT2D eigenvalue weighted by molar-refractivity contribution is -0.150. The van der Waals surface area contributed by atoms with Gasteiger partial charge in [-0.1, -0.05) is 0 Å². The largest absolute Gasteiger partial charge is 0.481 e. The maximum Gasteiger partial charge on any atom is 0.303 e. The van der Waals surface area contributed by atoms with Gasteiger partial charge in [-0.05, 0) is 19.9 Å². The van der Waals surface area contributed by atoms with Gasteiger partial charge in [0.2, 0.25) is 5.91 Å². The molecule has 0 aromatic rings. The second kappa shape index (κ2) is 4.05. The molecular weight excluding hydrogens is 208 g/mol. The monoisotopic (exact) mass is 226 g/mol. The third-order valence-corrected chi connectivity index (χ3v) is 3.59. The number of hydrogen-bond acceptors (Lipinski definition) is 3. The van der Waals surface area contributed by atoms with Gasteiger partial charge in [0.15, 0.2) is 0 Å². The Morgan fingerprint density at radius 2 is 2.19 bits per heavy atom. The van der Waals surface area contributed by atoms with Gasteiger partial charge in [-0.3, -0.25) is 9.59 Å². The summed E-state index contributed by atoms with van der Waals surface area (Å²) < 4.78 is 0. The Kier molecular flexibility index (Phi) is 2.88. The molecular formula is C11H18N2O3. The van der Waals surface area contributed by atoms with Crippen LogP contribution < -0.4 is 5.32 Å². The van der Waals surface area contributed by atoms with Crippen LogP contribution in [-0.4, -0.2) is 48.1 Å². The molecule has 1 amide bonds. The van der Waals surface area contributed by atoms with Gasteiger partial charge in [0.05, 0.1) is 11.8 Å². The van der Waals surface area contributed by atoms with Crippen LogP contribution >= 0.6 is 0 Å². The molecule has 2 aliphatic rings. The van der Waals surface area contributed by atoms with Crippen LogP contribution in [0.5, 0.6) is 0 Å². The fourth-order valence-electron chi connectivity index (χ4n) is 2.49. The number of carboxylic acids is 1. The predicted octanol–water partition coefficient (Wildman–Crippen LogP) is -0.0809. The second-order valence-corrected chi connectivity index (χ2v) is 5.16. The number of carbonyl (C=O) groups is 2. The Labute approximate surface area is 94.8 Å². The predicted molar refractivity (Wildman–Crippen MR) is 57.9 cm³/mol. The van der Waals surface area contributed by atoms with E-state index < -0.39 is 5.97 Å². The molecule has 2 rings (SSSR count). The van der Waals surface area contributed by atoms with E-state index in [1.54, 1.807) is 4.90 Å². The third-order valence-electron chi connectivity index (χ3n) is 3.59. The molecule has 2 saturated heterocycles. The van der Waals surface area contributed by atoms with E-state index in [0.29, 0.717) is 13.1 Å². The molecule has 2 aliphatic heterocycles. The van der Waals surface area contributed by atoms with Gasteiger partial charge in [0.25, 0.3) is 0 Å². The van der Waals surface area contributed by atoms with Gasteiger partial charge in [-0.15, -0.1) is 0 Å². The van der Waals surface area contributed by atoms with Crippen LogP contribution in [0.15, 0.2) is 0 Å². The van der Waals surface area contributed by atoms with E-state index in [1.165, 1.54) is 0 Å². The second-order valence-electron chi connectivity index (χ2n) is 5.16. The van der Waals surface area contributed by atoms with Crippen LogP contribution in [0.1, 0.15) is 19.8 Å². The third kappa shape index (κ3) is 2.04. The fraction of sp³-hybridized carbons (Fsp3) is 0.818. The minimum absolute atomic E-state index is 0.152. The molecule has 5 nitrogen and oxygen atoms in total. The van der Waals surface area contributed by atoms with E-state index in [4.69, 9.17) is 5.11 Å². The van der Waals surface area contributed by atoms with Crippen molar-refractivity contribution in [1.29, 1.82) is 0 Å². The minimum Gasteiger partial charge on any atom is -0.481 e. The van der Waals surface area contributed by atoms with Crippen LogP contribution in [-0.2, 0) is 9.59 Å². The van der Waals surface area contributed by atoms with E-state index in [-0.39, 0.29) is 23.7 Å². The summed E-state index contributed by atoms with van der Waals surface area (Å²) in [6.45, 7) is 4.85. The molecule has 0 bridgehead atoms. The molecule has 2 N–H and O–H groups in total. The average molecular weight is 226 g/mol. The van der Waals surface area contributed by atoms with Gasteiger partial charge >= 0.3 is 5.97 Å². The van der Waals surface area contributed by atoms with Crippen molar-refractivity contribution in [3.05, 3.63) is 0 Å². The molecule has 0 spiro atoms. The quantitative estimate of drug-likeness (QED) is 0.706. The Morgan fingerprint density at radius 3 is 2.69 bits per heavy atom. The lowest BCUT2D eigenvalue weighted by Gasteiger charge is -2.42. The molecule has 2 heterocycles. The summed E-state index contributed by atoms with van der Waals surface area (Å²) in [7, 11) is 0. The van der Waals surface area contributed by atoms with Gasteiger partial charge in [-0.2, -0.15) is 0 Å². The smallest absolute Gasteiger partial charge is 0.303 e. The van der Waals surface area contributed by atoms with E-state index in [0.717, 1.165) is 19.5 Å². The molecule has 5 heteroatoms. The van der Waals surface area contributed by atoms with Gasteiger partial charge in [0.1, 0.15) is 0 Å². The molecule has 16 heavy (non-hydrogen) atoms. The highest BCUT2D eigenvalue weighted by molar-refractivity contribution is 5.84. The zero-order valence-electron chi connectivity index (χ0n) is 9.53. The number of carboxylic acid groups (broad SMARTS) is 1. The zero-order valence-corrected chi connectivity index (χ0v) is 9.53. The first kappa shape index (κ1) is 11.4. The van der Waals surface area contributed by atoms with Crippen molar-refractivity contribution in [2.24, 2.45) is 11.3 Å². The van der Waals surface area contributed by atoms with Gasteiger partial charge in [-0.25, -0.2) is 0 Å². The normalized spacial score (nSPS) is 30.2. The van der Waals surface area contributed by atoms with Gasteiger partial charge in [0, 0.05) is 25.6 Å². The molecule has 0 aromatic heterocycles. The number of hydrogen-bond donors (Lipinski definition) is 2. The van der Waals surface area contributed by atoms with Crippen molar-refractivity contribution in [2.45, 2.75) is 19.8 Å². The number of rotatable bonds is 3. The number of amides is 1. The zero-order chi connectivity index (χ0) is 11.8. The van der Waals surface area contributed by atoms with Crippen molar-refractivity contribution >= 4 is 11.9 Å². The van der Waals surface area contributed by atoms with Gasteiger partial charge < -0.3 is 15.3 Å². The van der Waals surface area contributed by atoms with Crippen molar-refractivity contribution < 1.29 is 14.7 Å². The molecule has 0 saturated carbocycles. The molecule has 1 unspecified atom stereocenters. The number of nitrogens with zero attached hydrogens (tertiary/aromatic N) is 1. The van der Waals surface area contributed by atoms with Crippen molar-refractivity contribution in [2.75, 3.05) is 26.2 Å². The van der Waals surface area contributed by atoms with Crippen LogP contribution in [0.3, 0.4) is 0 Å². The highest BCUT2D eigenvalue weighted by Crippen LogP contribution is 2.31. The van der Waals surface area contributed by atoms with Crippen LogP contribution in [0.4, 0.5) is 0 Å². The van der Waals surface area contributed by atoms with Crippen LogP contribution in [0, 0.1) is 11.3 Å². The minimum atomic E-state index is -0.772. The Balaban J connectivity index is 1.83. The maximum atomic E-state index is 12.1. The highest BCUT2D eigenvalue weighted by atomic mass is 16.4. The van der Waals surface area contributed by atoms with Crippen LogP contribution in [0.2, 0.25) is 0 Å². The lowest BCUT2D eigenvalue weighted by Crippen LogP contribution is -2.55. The topological polar surface area (TPSA) is 69.6 Å². The summed E-state index contributed by atoms with van der Waals surface area (Å²) in [5.41, 5.74) is -0.270. The van der Waals surface area contributed by atoms with Crippen LogP contribution in [0.25, 0.3) is 0 Å². The summed E-state index contributed by atoms with van der Waals surface area (Å²) in [6.07, 6.45) is 1.06. The highest BCUT2D eigenvalue weighted by Gasteiger charge is 2.43. The fourth-order valence-corrected chi connectivity index (χ4v) is 2.49. The Hall–Kier alpha value is -1.10. The number of nitrogens with one attached hydrogen (secondary N) is 1. The average Bonchev–Trinajstić information content (AvgIpc) is 2.58. The van der Waals surface area contributed by atoms with Crippen molar-refractivity contribution in [3.63, 3.8) is 0 Å². The number of likely N-dealkylation sites (tertiary alicyclic amines) is 1. The summed E-state index contributed by atoms with van der Waals surface area (Å²) in [6, 6.07) is 0. The van der Waals surface area contributed by atoms with E-state index in [1.807, 2.05) is 6.92 Å². The summed E-state index contributed by atoms with van der Waals surface area (Å²) in [5.74, 6) is -0.440.